The summed E-state index contributed by atoms with van der Waals surface area (Å²) < 4.78 is 10.6. The number of hydrogen-bond donors (Lipinski definition) is 2. The van der Waals surface area contributed by atoms with Crippen LogP contribution in [0.4, 0.5) is 0 Å². The van der Waals surface area contributed by atoms with Crippen LogP contribution in [0.25, 0.3) is 0 Å². The first-order valence-corrected chi connectivity index (χ1v) is 12.3. The van der Waals surface area contributed by atoms with Crippen LogP contribution < -0.4 is 10.1 Å². The lowest BCUT2D eigenvalue weighted by Crippen LogP contribution is -2.46. The number of nitrogens with one attached hydrogen (secondary N) is 1. The quantitative estimate of drug-likeness (QED) is 0.576. The number of carbonyl (C=O) groups excluding carboxylic acids is 2. The van der Waals surface area contributed by atoms with E-state index >= 15 is 0 Å². The van der Waals surface area contributed by atoms with Crippen molar-refractivity contribution in [3.05, 3.63) is 65.2 Å². The first-order chi connectivity index (χ1) is 15.0. The summed E-state index contributed by atoms with van der Waals surface area (Å²) in [7, 11) is 1.55. The van der Waals surface area contributed by atoms with E-state index in [1.807, 2.05) is 35.7 Å². The van der Waals surface area contributed by atoms with Gasteiger partial charge < -0.3 is 19.9 Å². The average molecular weight is 462 g/mol. The zero-order valence-electron chi connectivity index (χ0n) is 17.6. The van der Waals surface area contributed by atoms with Crippen molar-refractivity contribution >= 4 is 35.4 Å². The molecule has 0 aromatic heterocycles. The third-order valence-electron chi connectivity index (χ3n) is 4.87. The predicted octanol–water partition coefficient (Wildman–Crippen LogP) is 3.96. The van der Waals surface area contributed by atoms with Crippen molar-refractivity contribution in [2.24, 2.45) is 0 Å². The van der Waals surface area contributed by atoms with Crippen LogP contribution in [0.15, 0.2) is 48.5 Å². The van der Waals surface area contributed by atoms with Crippen molar-refractivity contribution in [1.29, 1.82) is 0 Å². The van der Waals surface area contributed by atoms with Gasteiger partial charge in [0.2, 0.25) is 0 Å². The maximum atomic E-state index is 12.8. The maximum absolute atomic E-state index is 12.8. The molecule has 1 heterocycles. The van der Waals surface area contributed by atoms with Gasteiger partial charge in [0, 0.05) is 5.56 Å². The van der Waals surface area contributed by atoms with Crippen molar-refractivity contribution in [2.75, 3.05) is 25.2 Å². The molecule has 166 valence electrons. The zero-order valence-corrected chi connectivity index (χ0v) is 19.2. The molecule has 2 N–H and O–H groups in total. The molecule has 2 aromatic rings. The standard InChI is InChI=1S/C23H27NO5S2/c1-3-29-22(27)19(20(25)15-9-11-18(28-2)12-10-15)24-21(26)16-5-7-17(8-6-16)23-30-13-4-14-31-23/h5-12,19-20,23,25H,3-4,13-14H2,1-2H3,(H,24,26). The van der Waals surface area contributed by atoms with Crippen molar-refractivity contribution in [3.8, 4) is 5.75 Å². The van der Waals surface area contributed by atoms with Crippen LogP contribution in [0.5, 0.6) is 5.75 Å². The van der Waals surface area contributed by atoms with Crippen LogP contribution >= 0.6 is 23.5 Å². The summed E-state index contributed by atoms with van der Waals surface area (Å²) in [6.45, 7) is 1.82. The van der Waals surface area contributed by atoms with E-state index in [1.165, 1.54) is 12.0 Å². The Hall–Kier alpha value is -2.16. The largest absolute Gasteiger partial charge is 0.497 e. The Balaban J connectivity index is 1.73. The van der Waals surface area contributed by atoms with E-state index in [4.69, 9.17) is 9.47 Å². The molecule has 2 aromatic carbocycles. The summed E-state index contributed by atoms with van der Waals surface area (Å²) in [4.78, 5) is 25.3. The summed E-state index contributed by atoms with van der Waals surface area (Å²) in [6.07, 6.45) is -0.0406. The van der Waals surface area contributed by atoms with E-state index in [9.17, 15) is 14.7 Å². The number of benzene rings is 2. The molecule has 3 rings (SSSR count). The Morgan fingerprint density at radius 3 is 2.32 bits per heavy atom. The highest BCUT2D eigenvalue weighted by Gasteiger charge is 2.31. The number of methoxy groups -OCH3 is 1. The Bertz CT molecular complexity index is 867. The molecule has 0 aliphatic carbocycles. The normalized spacial score (nSPS) is 16.2. The molecule has 0 radical (unpaired) electrons. The fourth-order valence-corrected chi connectivity index (χ4v) is 6.08. The summed E-state index contributed by atoms with van der Waals surface area (Å²) in [5, 5.41) is 13.4. The SMILES string of the molecule is CCOC(=O)C(NC(=O)c1ccc(C2SCCCS2)cc1)C(O)c1ccc(OC)cc1. The number of aliphatic hydroxyl groups is 1. The molecule has 1 fully saturated rings. The molecule has 1 saturated heterocycles. The van der Waals surface area contributed by atoms with E-state index in [0.29, 0.717) is 21.5 Å². The molecule has 8 heteroatoms. The van der Waals surface area contributed by atoms with Gasteiger partial charge >= 0.3 is 5.97 Å². The number of aliphatic hydroxyl groups excluding tert-OH is 1. The summed E-state index contributed by atoms with van der Waals surface area (Å²) in [6, 6.07) is 12.8. The minimum Gasteiger partial charge on any atom is -0.497 e. The van der Waals surface area contributed by atoms with Crippen LogP contribution in [0, 0.1) is 0 Å². The minimum atomic E-state index is -1.26. The van der Waals surface area contributed by atoms with Crippen LogP contribution in [-0.4, -0.2) is 48.2 Å². The second-order valence-corrected chi connectivity index (χ2v) is 9.69. The van der Waals surface area contributed by atoms with Gasteiger partial charge in [-0.3, -0.25) is 4.79 Å². The highest BCUT2D eigenvalue weighted by atomic mass is 32.2. The van der Waals surface area contributed by atoms with Crippen LogP contribution in [0.3, 0.4) is 0 Å². The molecule has 1 amide bonds. The lowest BCUT2D eigenvalue weighted by atomic mass is 10.0. The molecule has 6 nitrogen and oxygen atoms in total. The van der Waals surface area contributed by atoms with Gasteiger partial charge in [0.1, 0.15) is 11.9 Å². The smallest absolute Gasteiger partial charge is 0.331 e. The summed E-state index contributed by atoms with van der Waals surface area (Å²) in [5.74, 6) is 1.78. The Labute approximate surface area is 191 Å². The maximum Gasteiger partial charge on any atom is 0.331 e. The monoisotopic (exact) mass is 461 g/mol. The van der Waals surface area contributed by atoms with Gasteiger partial charge in [-0.1, -0.05) is 24.3 Å². The second kappa shape index (κ2) is 11.5. The molecule has 2 atom stereocenters. The fourth-order valence-electron chi connectivity index (χ4n) is 3.19. The molecule has 1 aliphatic heterocycles. The third-order valence-corrected chi connectivity index (χ3v) is 7.89. The van der Waals surface area contributed by atoms with Crippen molar-refractivity contribution in [2.45, 2.75) is 30.1 Å². The van der Waals surface area contributed by atoms with E-state index in [0.717, 1.165) is 11.5 Å². The van der Waals surface area contributed by atoms with E-state index < -0.39 is 24.0 Å². The lowest BCUT2D eigenvalue weighted by molar-refractivity contribution is -0.148. The number of rotatable bonds is 8. The number of carbonyl (C=O) groups is 2. The van der Waals surface area contributed by atoms with E-state index in [1.54, 1.807) is 50.4 Å². The van der Waals surface area contributed by atoms with Crippen molar-refractivity contribution in [3.63, 3.8) is 0 Å². The number of thioether (sulfide) groups is 2. The second-order valence-electron chi connectivity index (χ2n) is 6.97. The first kappa shape index (κ1) is 23.5. The topological polar surface area (TPSA) is 84.9 Å². The number of ether oxygens (including phenoxy) is 2. The lowest BCUT2D eigenvalue weighted by Gasteiger charge is -2.23. The van der Waals surface area contributed by atoms with Gasteiger partial charge in [-0.05, 0) is 60.2 Å². The van der Waals surface area contributed by atoms with Gasteiger partial charge in [-0.15, -0.1) is 23.5 Å². The minimum absolute atomic E-state index is 0.145. The molecule has 0 saturated carbocycles. The first-order valence-electron chi connectivity index (χ1n) is 10.2. The van der Waals surface area contributed by atoms with Crippen molar-refractivity contribution in [1.82, 2.24) is 5.32 Å². The Morgan fingerprint density at radius 2 is 1.74 bits per heavy atom. The van der Waals surface area contributed by atoms with Gasteiger partial charge in [0.25, 0.3) is 5.91 Å². The zero-order chi connectivity index (χ0) is 22.2. The van der Waals surface area contributed by atoms with E-state index in [-0.39, 0.29) is 6.61 Å². The van der Waals surface area contributed by atoms with Gasteiger partial charge in [-0.2, -0.15) is 0 Å². The van der Waals surface area contributed by atoms with Crippen LogP contribution in [0.1, 0.15) is 45.5 Å². The fraction of sp³-hybridized carbons (Fsp3) is 0.391. The van der Waals surface area contributed by atoms with Crippen LogP contribution in [-0.2, 0) is 9.53 Å². The van der Waals surface area contributed by atoms with Crippen molar-refractivity contribution < 1.29 is 24.2 Å². The molecule has 31 heavy (non-hydrogen) atoms. The highest BCUT2D eigenvalue weighted by Crippen LogP contribution is 2.43. The molecule has 0 bridgehead atoms. The average Bonchev–Trinajstić information content (AvgIpc) is 2.82. The number of esters is 1. The Morgan fingerprint density at radius 1 is 1.10 bits per heavy atom. The third kappa shape index (κ3) is 6.18. The van der Waals surface area contributed by atoms with Crippen LogP contribution in [0.2, 0.25) is 0 Å². The van der Waals surface area contributed by atoms with Gasteiger partial charge in [0.05, 0.1) is 18.3 Å². The summed E-state index contributed by atoms with van der Waals surface area (Å²) in [5.41, 5.74) is 2.07. The van der Waals surface area contributed by atoms with Gasteiger partial charge in [0.15, 0.2) is 6.04 Å². The molecule has 1 aliphatic rings. The summed E-state index contributed by atoms with van der Waals surface area (Å²) >= 11 is 3.83. The number of hydrogen-bond acceptors (Lipinski definition) is 7. The Kier molecular flexibility index (Phi) is 8.69. The van der Waals surface area contributed by atoms with E-state index in [2.05, 4.69) is 5.32 Å². The predicted molar refractivity (Wildman–Crippen MR) is 125 cm³/mol. The molecular formula is C23H27NO5S2. The highest BCUT2D eigenvalue weighted by molar-refractivity contribution is 8.16. The molecule has 0 spiro atoms. The molecule has 2 unspecified atom stereocenters. The molecular weight excluding hydrogens is 434 g/mol. The number of amides is 1. The van der Waals surface area contributed by atoms with Gasteiger partial charge in [-0.25, -0.2) is 4.79 Å².